The molecule has 0 bridgehead atoms. The number of ether oxygens (including phenoxy) is 2. The van der Waals surface area contributed by atoms with Crippen molar-refractivity contribution in [1.29, 1.82) is 0 Å². The Balaban J connectivity index is 2.20. The fraction of sp³-hybridized carbons (Fsp3) is 0.263. The minimum Gasteiger partial charge on any atom is -0.493 e. The van der Waals surface area contributed by atoms with Crippen LogP contribution in [-0.4, -0.2) is 36.1 Å². The van der Waals surface area contributed by atoms with Gasteiger partial charge in [-0.1, -0.05) is 18.2 Å². The maximum atomic E-state index is 12.4. The van der Waals surface area contributed by atoms with E-state index < -0.39 is 22.8 Å². The Morgan fingerprint density at radius 1 is 1.14 bits per heavy atom. The molecule has 1 amide bonds. The van der Waals surface area contributed by atoms with Gasteiger partial charge in [-0.3, -0.25) is 19.7 Å². The van der Waals surface area contributed by atoms with Crippen molar-refractivity contribution in [3.63, 3.8) is 0 Å². The summed E-state index contributed by atoms with van der Waals surface area (Å²) >= 11 is 0. The molecule has 9 heteroatoms. The third-order valence-electron chi connectivity index (χ3n) is 4.01. The van der Waals surface area contributed by atoms with Gasteiger partial charge in [-0.05, 0) is 23.3 Å². The number of rotatable bonds is 9. The maximum absolute atomic E-state index is 12.4. The van der Waals surface area contributed by atoms with Crippen LogP contribution in [0.4, 0.5) is 5.69 Å². The Hall–Kier alpha value is -3.62. The van der Waals surface area contributed by atoms with Gasteiger partial charge in [-0.2, -0.15) is 0 Å². The Labute approximate surface area is 161 Å². The van der Waals surface area contributed by atoms with Gasteiger partial charge >= 0.3 is 5.97 Å². The molecule has 0 aliphatic rings. The number of nitro benzene ring substituents is 1. The number of carboxylic acid groups (broad SMARTS) is 1. The third kappa shape index (κ3) is 5.44. The number of nitrogens with one attached hydrogen (secondary N) is 1. The van der Waals surface area contributed by atoms with Gasteiger partial charge in [0.05, 0.1) is 38.0 Å². The van der Waals surface area contributed by atoms with Crippen LogP contribution in [0, 0.1) is 10.1 Å². The fourth-order valence-corrected chi connectivity index (χ4v) is 2.71. The normalized spacial score (nSPS) is 11.4. The number of carbonyl (C=O) groups excluding carboxylic acids is 1. The van der Waals surface area contributed by atoms with Gasteiger partial charge in [0.2, 0.25) is 5.91 Å². The number of carbonyl (C=O) groups is 2. The summed E-state index contributed by atoms with van der Waals surface area (Å²) in [6, 6.07) is 9.78. The number of amides is 1. The Kier molecular flexibility index (Phi) is 6.91. The van der Waals surface area contributed by atoms with Crippen LogP contribution in [0.2, 0.25) is 0 Å². The molecule has 2 N–H and O–H groups in total. The molecule has 0 aliphatic carbocycles. The first-order valence-electron chi connectivity index (χ1n) is 8.30. The molecule has 9 nitrogen and oxygen atoms in total. The monoisotopic (exact) mass is 388 g/mol. The van der Waals surface area contributed by atoms with Crippen molar-refractivity contribution in [1.82, 2.24) is 5.32 Å². The van der Waals surface area contributed by atoms with E-state index in [2.05, 4.69) is 5.32 Å². The van der Waals surface area contributed by atoms with E-state index in [9.17, 15) is 24.8 Å². The topological polar surface area (TPSA) is 128 Å². The second-order valence-electron chi connectivity index (χ2n) is 5.94. The molecule has 0 radical (unpaired) electrons. The van der Waals surface area contributed by atoms with Crippen LogP contribution in [0.5, 0.6) is 11.5 Å². The number of non-ortho nitro benzene ring substituents is 1. The minimum absolute atomic E-state index is 0.118. The summed E-state index contributed by atoms with van der Waals surface area (Å²) in [6.07, 6.45) is -0.457. The van der Waals surface area contributed by atoms with Crippen LogP contribution < -0.4 is 14.8 Å². The standard InChI is InChI=1S/C19H20N2O7/c1-27-16-7-6-13(10-17(16)28-2)15(11-19(23)24)20-18(22)9-12-4-3-5-14(8-12)21(25)26/h3-8,10,15H,9,11H2,1-2H3,(H,20,22)(H,23,24). The molecule has 0 saturated carbocycles. The largest absolute Gasteiger partial charge is 0.493 e. The smallest absolute Gasteiger partial charge is 0.305 e. The zero-order chi connectivity index (χ0) is 20.7. The van der Waals surface area contributed by atoms with Crippen LogP contribution in [0.3, 0.4) is 0 Å². The van der Waals surface area contributed by atoms with Crippen LogP contribution in [0.15, 0.2) is 42.5 Å². The average Bonchev–Trinajstić information content (AvgIpc) is 2.66. The van der Waals surface area contributed by atoms with E-state index in [0.29, 0.717) is 22.6 Å². The number of hydrogen-bond acceptors (Lipinski definition) is 6. The highest BCUT2D eigenvalue weighted by Gasteiger charge is 2.20. The number of carboxylic acids is 1. The van der Waals surface area contributed by atoms with Crippen LogP contribution in [0.25, 0.3) is 0 Å². The summed E-state index contributed by atoms with van der Waals surface area (Å²) in [7, 11) is 2.93. The lowest BCUT2D eigenvalue weighted by molar-refractivity contribution is -0.384. The summed E-state index contributed by atoms with van der Waals surface area (Å²) in [5, 5.41) is 22.7. The lowest BCUT2D eigenvalue weighted by Gasteiger charge is -2.19. The van der Waals surface area contributed by atoms with Crippen molar-refractivity contribution in [2.24, 2.45) is 0 Å². The molecule has 1 unspecified atom stereocenters. The van der Waals surface area contributed by atoms with Gasteiger partial charge in [-0.15, -0.1) is 0 Å². The van der Waals surface area contributed by atoms with Crippen molar-refractivity contribution in [2.75, 3.05) is 14.2 Å². The lowest BCUT2D eigenvalue weighted by atomic mass is 10.0. The van der Waals surface area contributed by atoms with E-state index in [1.165, 1.54) is 32.4 Å². The summed E-state index contributed by atoms with van der Waals surface area (Å²) in [6.45, 7) is 0. The molecule has 28 heavy (non-hydrogen) atoms. The van der Waals surface area contributed by atoms with E-state index >= 15 is 0 Å². The van der Waals surface area contributed by atoms with Crippen molar-refractivity contribution in [2.45, 2.75) is 18.9 Å². The predicted molar refractivity (Wildman–Crippen MR) is 99.5 cm³/mol. The maximum Gasteiger partial charge on any atom is 0.305 e. The average molecular weight is 388 g/mol. The molecule has 2 aromatic rings. The van der Waals surface area contributed by atoms with E-state index in [1.807, 2.05) is 0 Å². The highest BCUT2D eigenvalue weighted by atomic mass is 16.6. The Morgan fingerprint density at radius 3 is 2.46 bits per heavy atom. The van der Waals surface area contributed by atoms with Crippen molar-refractivity contribution in [3.05, 3.63) is 63.7 Å². The van der Waals surface area contributed by atoms with Crippen LogP contribution in [0.1, 0.15) is 23.6 Å². The van der Waals surface area contributed by atoms with Crippen LogP contribution in [-0.2, 0) is 16.0 Å². The summed E-state index contributed by atoms with van der Waals surface area (Å²) in [5.41, 5.74) is 0.868. The number of aliphatic carboxylic acids is 1. The van der Waals surface area contributed by atoms with Crippen molar-refractivity contribution < 1.29 is 29.1 Å². The number of hydrogen-bond donors (Lipinski definition) is 2. The van der Waals surface area contributed by atoms with Crippen molar-refractivity contribution in [3.8, 4) is 11.5 Å². The Bertz CT molecular complexity index is 882. The van der Waals surface area contributed by atoms with Crippen LogP contribution >= 0.6 is 0 Å². The molecule has 2 rings (SSSR count). The van der Waals surface area contributed by atoms with E-state index in [0.717, 1.165) is 0 Å². The quantitative estimate of drug-likeness (QED) is 0.499. The molecule has 0 saturated heterocycles. The number of nitrogens with zero attached hydrogens (tertiary/aromatic N) is 1. The molecular formula is C19H20N2O7. The highest BCUT2D eigenvalue weighted by molar-refractivity contribution is 5.80. The van der Waals surface area contributed by atoms with Gasteiger partial charge < -0.3 is 19.9 Å². The lowest BCUT2D eigenvalue weighted by Crippen LogP contribution is -2.31. The number of benzene rings is 2. The molecule has 0 fully saturated rings. The zero-order valence-corrected chi connectivity index (χ0v) is 15.4. The molecule has 0 spiro atoms. The molecular weight excluding hydrogens is 368 g/mol. The minimum atomic E-state index is -1.09. The van der Waals surface area contributed by atoms with Gasteiger partial charge in [0.15, 0.2) is 11.5 Å². The summed E-state index contributed by atoms with van der Waals surface area (Å²) in [5.74, 6) is -0.663. The summed E-state index contributed by atoms with van der Waals surface area (Å²) in [4.78, 5) is 34.0. The first kappa shape index (κ1) is 20.7. The first-order chi connectivity index (χ1) is 13.3. The van der Waals surface area contributed by atoms with E-state index in [1.54, 1.807) is 24.3 Å². The molecule has 0 aliphatic heterocycles. The first-order valence-corrected chi connectivity index (χ1v) is 8.30. The number of methoxy groups -OCH3 is 2. The van der Waals surface area contributed by atoms with Gasteiger partial charge in [0, 0.05) is 12.1 Å². The molecule has 0 aromatic heterocycles. The van der Waals surface area contributed by atoms with E-state index in [4.69, 9.17) is 9.47 Å². The molecule has 0 heterocycles. The second kappa shape index (κ2) is 9.36. The molecule has 148 valence electrons. The molecule has 2 aromatic carbocycles. The Morgan fingerprint density at radius 2 is 1.86 bits per heavy atom. The zero-order valence-electron chi connectivity index (χ0n) is 15.4. The fourth-order valence-electron chi connectivity index (χ4n) is 2.71. The summed E-state index contributed by atoms with van der Waals surface area (Å²) < 4.78 is 10.4. The SMILES string of the molecule is COc1ccc(C(CC(=O)O)NC(=O)Cc2cccc([N+](=O)[O-])c2)cc1OC. The third-order valence-corrected chi connectivity index (χ3v) is 4.01. The number of nitro groups is 1. The van der Waals surface area contributed by atoms with Crippen molar-refractivity contribution >= 4 is 17.6 Å². The van der Waals surface area contributed by atoms with Gasteiger partial charge in [0.25, 0.3) is 5.69 Å². The molecule has 1 atom stereocenters. The predicted octanol–water partition coefficient (Wildman–Crippen LogP) is 2.49. The van der Waals surface area contributed by atoms with Gasteiger partial charge in [-0.25, -0.2) is 0 Å². The van der Waals surface area contributed by atoms with Gasteiger partial charge in [0.1, 0.15) is 0 Å². The highest BCUT2D eigenvalue weighted by Crippen LogP contribution is 2.31. The van der Waals surface area contributed by atoms with E-state index in [-0.39, 0.29) is 18.5 Å². The second-order valence-corrected chi connectivity index (χ2v) is 5.94.